The quantitative estimate of drug-likeness (QED) is 0.900. The second kappa shape index (κ2) is 7.13. The molecule has 1 atom stereocenters. The van der Waals surface area contributed by atoms with Gasteiger partial charge in [0, 0.05) is 44.2 Å². The Morgan fingerprint density at radius 1 is 1.13 bits per heavy atom. The normalized spacial score (nSPS) is 24.5. The SMILES string of the molecule is Cc1ccc(/C=C/S(=O)(=O)N2CCN(C3CCNC3)CC2)cc1. The number of hydrogen-bond acceptors (Lipinski definition) is 4. The summed E-state index contributed by atoms with van der Waals surface area (Å²) in [4.78, 5) is 2.41. The van der Waals surface area contributed by atoms with Crippen molar-refractivity contribution in [3.8, 4) is 0 Å². The number of nitrogens with one attached hydrogen (secondary N) is 1. The lowest BCUT2D eigenvalue weighted by atomic mass is 10.2. The van der Waals surface area contributed by atoms with Crippen molar-refractivity contribution >= 4 is 16.1 Å². The minimum atomic E-state index is -3.33. The maximum absolute atomic E-state index is 12.5. The summed E-state index contributed by atoms with van der Waals surface area (Å²) in [7, 11) is -3.33. The summed E-state index contributed by atoms with van der Waals surface area (Å²) in [5.74, 6) is 0. The van der Waals surface area contributed by atoms with E-state index in [0.29, 0.717) is 19.1 Å². The molecule has 1 unspecified atom stereocenters. The van der Waals surface area contributed by atoms with Gasteiger partial charge < -0.3 is 5.32 Å². The van der Waals surface area contributed by atoms with Crippen molar-refractivity contribution in [1.29, 1.82) is 0 Å². The average Bonchev–Trinajstić information content (AvgIpc) is 3.09. The third kappa shape index (κ3) is 4.20. The van der Waals surface area contributed by atoms with Gasteiger partial charge in [0.1, 0.15) is 0 Å². The fraction of sp³-hybridized carbons (Fsp3) is 0.529. The molecule has 0 aliphatic carbocycles. The van der Waals surface area contributed by atoms with E-state index in [9.17, 15) is 8.42 Å². The molecule has 2 heterocycles. The number of sulfonamides is 1. The maximum atomic E-state index is 12.5. The van der Waals surface area contributed by atoms with E-state index < -0.39 is 10.0 Å². The van der Waals surface area contributed by atoms with Crippen LogP contribution in [0.4, 0.5) is 0 Å². The maximum Gasteiger partial charge on any atom is 0.236 e. The Balaban J connectivity index is 1.58. The van der Waals surface area contributed by atoms with Crippen LogP contribution in [0.15, 0.2) is 29.7 Å². The van der Waals surface area contributed by atoms with Gasteiger partial charge in [0.05, 0.1) is 0 Å². The molecule has 0 saturated carbocycles. The molecular weight excluding hydrogens is 310 g/mol. The molecule has 2 saturated heterocycles. The van der Waals surface area contributed by atoms with Crippen molar-refractivity contribution in [1.82, 2.24) is 14.5 Å². The van der Waals surface area contributed by atoms with Crippen molar-refractivity contribution in [2.24, 2.45) is 0 Å². The Hall–Kier alpha value is -1.21. The Morgan fingerprint density at radius 2 is 1.83 bits per heavy atom. The molecule has 0 aromatic heterocycles. The van der Waals surface area contributed by atoms with Crippen molar-refractivity contribution in [3.63, 3.8) is 0 Å². The predicted octanol–water partition coefficient (Wildman–Crippen LogP) is 1.28. The summed E-state index contributed by atoms with van der Waals surface area (Å²) in [6.45, 7) is 6.92. The highest BCUT2D eigenvalue weighted by molar-refractivity contribution is 7.92. The molecule has 0 spiro atoms. The van der Waals surface area contributed by atoms with Crippen molar-refractivity contribution < 1.29 is 8.42 Å². The molecule has 2 fully saturated rings. The van der Waals surface area contributed by atoms with Crippen molar-refractivity contribution in [3.05, 3.63) is 40.8 Å². The van der Waals surface area contributed by atoms with E-state index in [4.69, 9.17) is 0 Å². The summed E-state index contributed by atoms with van der Waals surface area (Å²) < 4.78 is 26.5. The zero-order chi connectivity index (χ0) is 16.3. The molecular formula is C17H25N3O2S. The molecule has 0 amide bonds. The van der Waals surface area contributed by atoms with E-state index in [1.807, 2.05) is 31.2 Å². The highest BCUT2D eigenvalue weighted by Crippen LogP contribution is 2.16. The Labute approximate surface area is 139 Å². The van der Waals surface area contributed by atoms with E-state index in [1.165, 1.54) is 17.4 Å². The van der Waals surface area contributed by atoms with Gasteiger partial charge in [0.25, 0.3) is 0 Å². The Bertz CT molecular complexity index is 641. The van der Waals surface area contributed by atoms with Crippen molar-refractivity contribution in [2.75, 3.05) is 39.3 Å². The number of benzene rings is 1. The van der Waals surface area contributed by atoms with E-state index in [1.54, 1.807) is 10.4 Å². The van der Waals surface area contributed by atoms with Gasteiger partial charge in [0.15, 0.2) is 0 Å². The van der Waals surface area contributed by atoms with Crippen molar-refractivity contribution in [2.45, 2.75) is 19.4 Å². The third-order valence-electron chi connectivity index (χ3n) is 4.69. The van der Waals surface area contributed by atoms with Crippen LogP contribution in [0, 0.1) is 6.92 Å². The highest BCUT2D eigenvalue weighted by Gasteiger charge is 2.29. The number of rotatable bonds is 4. The summed E-state index contributed by atoms with van der Waals surface area (Å²) in [5, 5.41) is 4.71. The second-order valence-corrected chi connectivity index (χ2v) is 8.16. The van der Waals surface area contributed by atoms with Crippen LogP contribution in [0.1, 0.15) is 17.5 Å². The van der Waals surface area contributed by atoms with Crippen LogP contribution in [0.5, 0.6) is 0 Å². The van der Waals surface area contributed by atoms with Gasteiger partial charge in [-0.05, 0) is 31.5 Å². The summed E-state index contributed by atoms with van der Waals surface area (Å²) >= 11 is 0. The predicted molar refractivity (Wildman–Crippen MR) is 93.6 cm³/mol. The fourth-order valence-corrected chi connectivity index (χ4v) is 4.38. The lowest BCUT2D eigenvalue weighted by molar-refractivity contribution is 0.146. The van der Waals surface area contributed by atoms with E-state index in [0.717, 1.165) is 31.7 Å². The third-order valence-corrected chi connectivity index (χ3v) is 6.26. The van der Waals surface area contributed by atoms with Crippen LogP contribution in [-0.2, 0) is 10.0 Å². The molecule has 2 aliphatic heterocycles. The Morgan fingerprint density at radius 3 is 2.43 bits per heavy atom. The molecule has 0 radical (unpaired) electrons. The fourth-order valence-electron chi connectivity index (χ4n) is 3.20. The molecule has 1 aromatic rings. The van der Waals surface area contributed by atoms with Crippen LogP contribution in [0.3, 0.4) is 0 Å². The first-order chi connectivity index (χ1) is 11.0. The highest BCUT2D eigenvalue weighted by atomic mass is 32.2. The van der Waals surface area contributed by atoms with Gasteiger partial charge in [-0.15, -0.1) is 0 Å². The first kappa shape index (κ1) is 16.6. The molecule has 1 N–H and O–H groups in total. The van der Waals surface area contributed by atoms with Crippen LogP contribution in [0.25, 0.3) is 6.08 Å². The smallest absolute Gasteiger partial charge is 0.236 e. The number of nitrogens with zero attached hydrogens (tertiary/aromatic N) is 2. The lowest BCUT2D eigenvalue weighted by Crippen LogP contribution is -2.52. The molecule has 6 heteroatoms. The standard InChI is InChI=1S/C17H25N3O2S/c1-15-2-4-16(5-3-15)7-13-23(21,22)20-11-9-19(10-12-20)17-6-8-18-14-17/h2-5,7,13,17-18H,6,8-12,14H2,1H3/b13-7+. The Kier molecular flexibility index (Phi) is 5.16. The number of piperazine rings is 1. The van der Waals surface area contributed by atoms with Crippen LogP contribution >= 0.6 is 0 Å². The van der Waals surface area contributed by atoms with Gasteiger partial charge >= 0.3 is 0 Å². The van der Waals surface area contributed by atoms with Crippen LogP contribution in [-0.4, -0.2) is 62.9 Å². The second-order valence-electron chi connectivity index (χ2n) is 6.34. The topological polar surface area (TPSA) is 52.7 Å². The summed E-state index contributed by atoms with van der Waals surface area (Å²) in [6, 6.07) is 8.42. The first-order valence-corrected chi connectivity index (χ1v) is 9.74. The zero-order valence-corrected chi connectivity index (χ0v) is 14.4. The van der Waals surface area contributed by atoms with Gasteiger partial charge in [0.2, 0.25) is 10.0 Å². The van der Waals surface area contributed by atoms with Gasteiger partial charge in [-0.3, -0.25) is 4.90 Å². The molecule has 2 aliphatic rings. The molecule has 23 heavy (non-hydrogen) atoms. The molecule has 126 valence electrons. The monoisotopic (exact) mass is 335 g/mol. The van der Waals surface area contributed by atoms with Crippen LogP contribution < -0.4 is 5.32 Å². The summed E-state index contributed by atoms with van der Waals surface area (Å²) in [6.07, 6.45) is 2.85. The lowest BCUT2D eigenvalue weighted by Gasteiger charge is -2.36. The zero-order valence-electron chi connectivity index (χ0n) is 13.6. The average molecular weight is 335 g/mol. The minimum Gasteiger partial charge on any atom is -0.315 e. The molecule has 1 aromatic carbocycles. The molecule has 5 nitrogen and oxygen atoms in total. The number of aryl methyl sites for hydroxylation is 1. The van der Waals surface area contributed by atoms with Crippen LogP contribution in [0.2, 0.25) is 0 Å². The number of hydrogen-bond donors (Lipinski definition) is 1. The minimum absolute atomic E-state index is 0.572. The summed E-state index contributed by atoms with van der Waals surface area (Å²) in [5.41, 5.74) is 2.08. The largest absolute Gasteiger partial charge is 0.315 e. The van der Waals surface area contributed by atoms with E-state index in [-0.39, 0.29) is 0 Å². The van der Waals surface area contributed by atoms with E-state index in [2.05, 4.69) is 10.2 Å². The van der Waals surface area contributed by atoms with E-state index >= 15 is 0 Å². The van der Waals surface area contributed by atoms with Gasteiger partial charge in [-0.25, -0.2) is 8.42 Å². The van der Waals surface area contributed by atoms with Gasteiger partial charge in [-0.2, -0.15) is 4.31 Å². The van der Waals surface area contributed by atoms with Gasteiger partial charge in [-0.1, -0.05) is 29.8 Å². The molecule has 0 bridgehead atoms. The first-order valence-electron chi connectivity index (χ1n) is 8.24. The molecule has 3 rings (SSSR count).